The zero-order valence-corrected chi connectivity index (χ0v) is 19.8. The van der Waals surface area contributed by atoms with Crippen molar-refractivity contribution in [2.75, 3.05) is 29.9 Å². The molecule has 3 fully saturated rings. The number of benzene rings is 1. The van der Waals surface area contributed by atoms with Crippen LogP contribution in [0.5, 0.6) is 0 Å². The summed E-state index contributed by atoms with van der Waals surface area (Å²) < 4.78 is 42.1. The molecule has 2 amide bonds. The number of aliphatic hydroxyl groups excluding tert-OH is 1. The van der Waals surface area contributed by atoms with Gasteiger partial charge in [0.1, 0.15) is 0 Å². The second-order valence-corrected chi connectivity index (χ2v) is 10.4. The molecule has 0 radical (unpaired) electrons. The highest BCUT2D eigenvalue weighted by molar-refractivity contribution is 5.92. The molecule has 1 aromatic carbocycles. The number of anilines is 2. The molecule has 1 aromatic rings. The molecule has 2 saturated heterocycles. The number of amides is 2. The monoisotopic (exact) mass is 481 g/mol. The third-order valence-corrected chi connectivity index (χ3v) is 7.66. The van der Waals surface area contributed by atoms with Gasteiger partial charge in [-0.15, -0.1) is 0 Å². The smallest absolute Gasteiger partial charge is 0.393 e. The second kappa shape index (κ2) is 9.40. The Kier molecular flexibility index (Phi) is 6.86. The highest BCUT2D eigenvalue weighted by atomic mass is 19.4. The standard InChI is InChI=1S/C25H34F3N3O3/c1-16(2)22(33)29-17-4-9-21(20(14-17)25(26,27)28)30-12-3-10-24(15-30)11-13-31(23(24)34)18-5-7-19(32)8-6-18/h4,9,14,16,18-19,32H,3,5-8,10-13,15H2,1-2H3,(H,29,33)/t18-,19-,24?. The molecule has 1 spiro atoms. The Morgan fingerprint density at radius 3 is 2.50 bits per heavy atom. The average Bonchev–Trinajstić information content (AvgIpc) is 3.09. The van der Waals surface area contributed by atoms with Crippen molar-refractivity contribution in [3.8, 4) is 0 Å². The minimum Gasteiger partial charge on any atom is -0.393 e. The van der Waals surface area contributed by atoms with Crippen molar-refractivity contribution in [2.24, 2.45) is 11.3 Å². The van der Waals surface area contributed by atoms with Gasteiger partial charge in [-0.1, -0.05) is 13.8 Å². The number of nitrogens with zero attached hydrogens (tertiary/aromatic N) is 2. The molecule has 1 aliphatic carbocycles. The summed E-state index contributed by atoms with van der Waals surface area (Å²) in [5.74, 6) is -0.641. The summed E-state index contributed by atoms with van der Waals surface area (Å²) in [4.78, 5) is 29.1. The van der Waals surface area contributed by atoms with Gasteiger partial charge in [-0.3, -0.25) is 9.59 Å². The van der Waals surface area contributed by atoms with E-state index in [1.54, 1.807) is 18.7 Å². The normalized spacial score (nSPS) is 28.1. The number of piperidine rings is 1. The van der Waals surface area contributed by atoms with E-state index in [2.05, 4.69) is 5.32 Å². The van der Waals surface area contributed by atoms with Crippen molar-refractivity contribution >= 4 is 23.2 Å². The lowest BCUT2D eigenvalue weighted by Crippen LogP contribution is -2.50. The first-order valence-corrected chi connectivity index (χ1v) is 12.3. The van der Waals surface area contributed by atoms with Gasteiger partial charge in [0.25, 0.3) is 0 Å². The molecule has 2 heterocycles. The predicted molar refractivity (Wildman–Crippen MR) is 123 cm³/mol. The third-order valence-electron chi connectivity index (χ3n) is 7.66. The van der Waals surface area contributed by atoms with Gasteiger partial charge in [-0.05, 0) is 63.1 Å². The average molecular weight is 482 g/mol. The van der Waals surface area contributed by atoms with Crippen LogP contribution in [0.25, 0.3) is 0 Å². The lowest BCUT2D eigenvalue weighted by molar-refractivity contribution is -0.139. The van der Waals surface area contributed by atoms with Gasteiger partial charge in [0.15, 0.2) is 0 Å². The van der Waals surface area contributed by atoms with E-state index in [0.29, 0.717) is 45.2 Å². The molecule has 6 nitrogen and oxygen atoms in total. The quantitative estimate of drug-likeness (QED) is 0.668. The third kappa shape index (κ3) is 4.90. The van der Waals surface area contributed by atoms with Crippen molar-refractivity contribution in [3.05, 3.63) is 23.8 Å². The summed E-state index contributed by atoms with van der Waals surface area (Å²) in [5, 5.41) is 12.3. The van der Waals surface area contributed by atoms with Crippen molar-refractivity contribution in [1.29, 1.82) is 0 Å². The van der Waals surface area contributed by atoms with Crippen LogP contribution in [0.4, 0.5) is 24.5 Å². The minimum absolute atomic E-state index is 0.0490. The number of carbonyl (C=O) groups excluding carboxylic acids is 2. The first kappa shape index (κ1) is 24.8. The van der Waals surface area contributed by atoms with Crippen LogP contribution in [0.2, 0.25) is 0 Å². The molecule has 0 bridgehead atoms. The summed E-state index contributed by atoms with van der Waals surface area (Å²) in [6.45, 7) is 4.70. The second-order valence-electron chi connectivity index (χ2n) is 10.4. The number of hydrogen-bond donors (Lipinski definition) is 2. The van der Waals surface area contributed by atoms with E-state index in [9.17, 15) is 27.9 Å². The van der Waals surface area contributed by atoms with Gasteiger partial charge in [-0.2, -0.15) is 13.2 Å². The molecular weight excluding hydrogens is 447 g/mol. The number of nitrogens with one attached hydrogen (secondary N) is 1. The molecular formula is C25H34F3N3O3. The first-order chi connectivity index (χ1) is 16.0. The van der Waals surface area contributed by atoms with Crippen molar-refractivity contribution in [1.82, 2.24) is 4.90 Å². The summed E-state index contributed by atoms with van der Waals surface area (Å²) in [7, 11) is 0. The fourth-order valence-corrected chi connectivity index (χ4v) is 5.69. The van der Waals surface area contributed by atoms with Crippen LogP contribution in [-0.2, 0) is 15.8 Å². The maximum atomic E-state index is 14.0. The van der Waals surface area contributed by atoms with E-state index >= 15 is 0 Å². The van der Waals surface area contributed by atoms with Crippen LogP contribution >= 0.6 is 0 Å². The molecule has 1 atom stereocenters. The van der Waals surface area contributed by atoms with Crippen LogP contribution in [0, 0.1) is 11.3 Å². The molecule has 3 aliphatic rings. The number of halogens is 3. The molecule has 4 rings (SSSR count). The number of carbonyl (C=O) groups is 2. The molecule has 2 aliphatic heterocycles. The van der Waals surface area contributed by atoms with Gasteiger partial charge < -0.3 is 20.2 Å². The Morgan fingerprint density at radius 2 is 1.85 bits per heavy atom. The molecule has 2 N–H and O–H groups in total. The Hall–Kier alpha value is -2.29. The lowest BCUT2D eigenvalue weighted by Gasteiger charge is -2.42. The number of likely N-dealkylation sites (tertiary alicyclic amines) is 1. The van der Waals surface area contributed by atoms with Crippen LogP contribution in [0.3, 0.4) is 0 Å². The van der Waals surface area contributed by atoms with E-state index in [1.807, 2.05) is 4.90 Å². The fourth-order valence-electron chi connectivity index (χ4n) is 5.69. The maximum Gasteiger partial charge on any atom is 0.418 e. The van der Waals surface area contributed by atoms with E-state index in [0.717, 1.165) is 18.9 Å². The Balaban J connectivity index is 1.56. The SMILES string of the molecule is CC(C)C(=O)Nc1ccc(N2CCCC3(CCN([C@H]4CC[C@H](O)CC4)C3=O)C2)c(C(F)(F)F)c1. The van der Waals surface area contributed by atoms with Gasteiger partial charge in [0, 0.05) is 43.0 Å². The molecule has 1 unspecified atom stereocenters. The highest BCUT2D eigenvalue weighted by Crippen LogP contribution is 2.46. The Bertz CT molecular complexity index is 928. The number of alkyl halides is 3. The van der Waals surface area contributed by atoms with E-state index in [4.69, 9.17) is 0 Å². The fraction of sp³-hybridized carbons (Fsp3) is 0.680. The Labute approximate surface area is 198 Å². The summed E-state index contributed by atoms with van der Waals surface area (Å²) in [6, 6.07) is 4.02. The van der Waals surface area contributed by atoms with Crippen molar-refractivity contribution in [3.63, 3.8) is 0 Å². The number of hydrogen-bond acceptors (Lipinski definition) is 4. The summed E-state index contributed by atoms with van der Waals surface area (Å²) in [6.07, 6.45) is -0.0159. The molecule has 1 saturated carbocycles. The Morgan fingerprint density at radius 1 is 1.15 bits per heavy atom. The predicted octanol–water partition coefficient (Wildman–Crippen LogP) is 4.42. The summed E-state index contributed by atoms with van der Waals surface area (Å²) in [5.41, 5.74) is -1.29. The van der Waals surface area contributed by atoms with Crippen LogP contribution < -0.4 is 10.2 Å². The molecule has 9 heteroatoms. The number of aliphatic hydroxyl groups is 1. The van der Waals surface area contributed by atoms with Crippen molar-refractivity contribution in [2.45, 2.75) is 77.1 Å². The van der Waals surface area contributed by atoms with E-state index < -0.39 is 17.2 Å². The van der Waals surface area contributed by atoms with Crippen molar-refractivity contribution < 1.29 is 27.9 Å². The summed E-state index contributed by atoms with van der Waals surface area (Å²) >= 11 is 0. The van der Waals surface area contributed by atoms with Crippen LogP contribution in [0.15, 0.2) is 18.2 Å². The molecule has 0 aromatic heterocycles. The number of rotatable bonds is 4. The zero-order valence-electron chi connectivity index (χ0n) is 19.8. The van der Waals surface area contributed by atoms with Gasteiger partial charge in [0.05, 0.1) is 17.1 Å². The topological polar surface area (TPSA) is 72.9 Å². The maximum absolute atomic E-state index is 14.0. The first-order valence-electron chi connectivity index (χ1n) is 12.3. The molecule has 34 heavy (non-hydrogen) atoms. The van der Waals surface area contributed by atoms with Gasteiger partial charge in [-0.25, -0.2) is 0 Å². The lowest BCUT2D eigenvalue weighted by atomic mass is 9.78. The van der Waals surface area contributed by atoms with E-state index in [1.165, 1.54) is 12.1 Å². The zero-order chi connectivity index (χ0) is 24.7. The largest absolute Gasteiger partial charge is 0.418 e. The molecule has 188 valence electrons. The highest BCUT2D eigenvalue weighted by Gasteiger charge is 2.51. The van der Waals surface area contributed by atoms with Crippen LogP contribution in [0.1, 0.15) is 64.4 Å². The minimum atomic E-state index is -4.59. The van der Waals surface area contributed by atoms with Crippen LogP contribution in [-0.4, -0.2) is 53.6 Å². The van der Waals surface area contributed by atoms with Gasteiger partial charge in [0.2, 0.25) is 11.8 Å². The van der Waals surface area contributed by atoms with Gasteiger partial charge >= 0.3 is 6.18 Å². The van der Waals surface area contributed by atoms with E-state index in [-0.39, 0.29) is 47.8 Å².